The Morgan fingerprint density at radius 1 is 1.38 bits per heavy atom. The topological polar surface area (TPSA) is 130 Å². The van der Waals surface area contributed by atoms with Crippen molar-refractivity contribution in [1.29, 1.82) is 0 Å². The number of ether oxygens (including phenoxy) is 2. The molecule has 34 heavy (non-hydrogen) atoms. The fraction of sp³-hybridized carbons (Fsp3) is 0.435. The molecule has 1 fully saturated rings. The molecule has 0 bridgehead atoms. The smallest absolute Gasteiger partial charge is 0.224 e. The second kappa shape index (κ2) is 9.22. The first-order valence-electron chi connectivity index (χ1n) is 11.2. The van der Waals surface area contributed by atoms with Crippen LogP contribution in [0.3, 0.4) is 0 Å². The molecule has 4 heterocycles. The Kier molecular flexibility index (Phi) is 6.13. The van der Waals surface area contributed by atoms with Gasteiger partial charge in [0.15, 0.2) is 5.84 Å². The molecule has 0 radical (unpaired) electrons. The Labute approximate surface area is 201 Å². The van der Waals surface area contributed by atoms with E-state index in [1.807, 2.05) is 19.9 Å². The van der Waals surface area contributed by atoms with Crippen molar-refractivity contribution in [3.63, 3.8) is 0 Å². The number of aryl methyl sites for hydroxylation is 1. The van der Waals surface area contributed by atoms with Crippen molar-refractivity contribution < 1.29 is 14.3 Å². The largest absolute Gasteiger partial charge is 0.496 e. The Balaban J connectivity index is 1.50. The Bertz CT molecular complexity index is 1250. The summed E-state index contributed by atoms with van der Waals surface area (Å²) in [6.07, 6.45) is 2.89. The molecule has 1 aromatic rings. The monoisotopic (exact) mass is 481 g/mol. The van der Waals surface area contributed by atoms with Crippen molar-refractivity contribution >= 4 is 23.7 Å². The van der Waals surface area contributed by atoms with Crippen molar-refractivity contribution in [3.05, 3.63) is 45.9 Å². The quantitative estimate of drug-likeness (QED) is 0.510. The van der Waals surface area contributed by atoms with E-state index in [0.29, 0.717) is 37.0 Å². The first-order valence-corrected chi connectivity index (χ1v) is 12.1. The van der Waals surface area contributed by atoms with Crippen LogP contribution < -0.4 is 15.8 Å². The maximum absolute atomic E-state index is 12.7. The highest BCUT2D eigenvalue weighted by Gasteiger charge is 2.28. The lowest BCUT2D eigenvalue weighted by Crippen LogP contribution is -2.36. The maximum atomic E-state index is 12.7. The lowest BCUT2D eigenvalue weighted by atomic mass is 10.1. The summed E-state index contributed by atoms with van der Waals surface area (Å²) < 4.78 is 15.3. The van der Waals surface area contributed by atoms with E-state index in [0.717, 1.165) is 51.4 Å². The molecule has 1 aliphatic carbocycles. The maximum Gasteiger partial charge on any atom is 0.224 e. The first kappa shape index (κ1) is 22.6. The van der Waals surface area contributed by atoms with E-state index >= 15 is 0 Å². The molecular weight excluding hydrogens is 454 g/mol. The summed E-state index contributed by atoms with van der Waals surface area (Å²) in [4.78, 5) is 18.9. The summed E-state index contributed by atoms with van der Waals surface area (Å²) in [7, 11) is 1.65. The first-order chi connectivity index (χ1) is 16.4. The molecule has 10 nitrogen and oxygen atoms in total. The van der Waals surface area contributed by atoms with E-state index in [-0.39, 0.29) is 18.4 Å². The van der Waals surface area contributed by atoms with Crippen molar-refractivity contribution in [1.82, 2.24) is 25.3 Å². The molecule has 1 saturated heterocycles. The fourth-order valence-corrected chi connectivity index (χ4v) is 5.29. The van der Waals surface area contributed by atoms with Gasteiger partial charge in [-0.3, -0.25) is 9.78 Å². The van der Waals surface area contributed by atoms with Crippen molar-refractivity contribution in [2.75, 3.05) is 20.3 Å². The number of carbonyl (C=O) groups excluding carboxylic acids is 1. The number of nitrogens with two attached hydrogens (primary N) is 1. The number of amides is 1. The number of nitrogens with zero attached hydrogens (tertiary/aromatic N) is 5. The number of nitrogens with one attached hydrogen (secondary N) is 1. The van der Waals surface area contributed by atoms with Crippen LogP contribution in [0.2, 0.25) is 0 Å². The molecule has 3 aliphatic heterocycles. The molecule has 1 atom stereocenters. The van der Waals surface area contributed by atoms with Crippen LogP contribution in [0.1, 0.15) is 40.1 Å². The Morgan fingerprint density at radius 3 is 3.00 bits per heavy atom. The number of pyridine rings is 1. The predicted octanol–water partition coefficient (Wildman–Crippen LogP) is 1.77. The highest BCUT2D eigenvalue weighted by Crippen LogP contribution is 2.38. The molecule has 5 rings (SSSR count). The van der Waals surface area contributed by atoms with Crippen LogP contribution >= 0.6 is 11.9 Å². The molecule has 1 aromatic heterocycles. The molecule has 0 saturated carbocycles. The molecule has 1 amide bonds. The number of methoxy groups -OCH3 is 1. The second-order valence-corrected chi connectivity index (χ2v) is 9.32. The third kappa shape index (κ3) is 4.21. The van der Waals surface area contributed by atoms with Gasteiger partial charge in [0.1, 0.15) is 18.0 Å². The summed E-state index contributed by atoms with van der Waals surface area (Å²) in [5, 5.41) is 12.5. The highest BCUT2D eigenvalue weighted by atomic mass is 32.2. The van der Waals surface area contributed by atoms with Crippen molar-refractivity contribution in [2.45, 2.75) is 45.0 Å². The standard InChI is InChI=1S/C23H27N7O3S/c1-12-8-25-18(13(2)22(12)32-3)9-30-27-17-6-14(7-19(31)26-15-4-5-33-10-15)16-11-34-29-23(24)21(28-30)20(16)17/h6,8,15H,4-5,7,9-11H2,1-3H3,(H2,24,29)(H,26,31)/t15-/m1/s1. The van der Waals surface area contributed by atoms with Crippen molar-refractivity contribution in [2.24, 2.45) is 10.1 Å². The van der Waals surface area contributed by atoms with Gasteiger partial charge in [-0.15, -0.1) is 0 Å². The van der Waals surface area contributed by atoms with E-state index in [4.69, 9.17) is 25.4 Å². The van der Waals surface area contributed by atoms with Crippen LogP contribution in [0.4, 0.5) is 0 Å². The van der Waals surface area contributed by atoms with E-state index in [2.05, 4.69) is 14.7 Å². The normalized spacial score (nSPS) is 17.5. The third-order valence-corrected chi connectivity index (χ3v) is 6.98. The van der Waals surface area contributed by atoms with E-state index in [9.17, 15) is 4.79 Å². The fourth-order valence-electron chi connectivity index (χ4n) is 4.54. The summed E-state index contributed by atoms with van der Waals surface area (Å²) in [5.41, 5.74) is 13.1. The number of amidine groups is 1. The van der Waals surface area contributed by atoms with Crippen LogP contribution in [0.5, 0.6) is 5.75 Å². The van der Waals surface area contributed by atoms with Crippen LogP contribution in [0, 0.1) is 13.8 Å². The number of carbonyl (C=O) groups is 1. The molecule has 0 aromatic carbocycles. The minimum absolute atomic E-state index is 0.0286. The zero-order valence-corrected chi connectivity index (χ0v) is 20.2. The Morgan fingerprint density at radius 2 is 2.24 bits per heavy atom. The SMILES string of the molecule is COc1c(C)cnc(Cn2nc3cc(CC(=O)N[C@@H]4CCOC4)c4c-3c(n2)C(N)=NSC4)c1C. The van der Waals surface area contributed by atoms with Gasteiger partial charge < -0.3 is 20.5 Å². The van der Waals surface area contributed by atoms with Gasteiger partial charge >= 0.3 is 0 Å². The molecule has 3 N–H and O–H groups in total. The van der Waals surface area contributed by atoms with Crippen LogP contribution in [-0.4, -0.2) is 58.1 Å². The van der Waals surface area contributed by atoms with Gasteiger partial charge in [0.25, 0.3) is 0 Å². The van der Waals surface area contributed by atoms with E-state index in [1.165, 1.54) is 11.9 Å². The Hall–Kier alpha value is -3.18. The summed E-state index contributed by atoms with van der Waals surface area (Å²) in [5.74, 6) is 1.73. The zero-order valence-electron chi connectivity index (χ0n) is 19.4. The second-order valence-electron chi connectivity index (χ2n) is 8.59. The zero-order chi connectivity index (χ0) is 23.8. The van der Waals surface area contributed by atoms with Gasteiger partial charge in [-0.2, -0.15) is 19.4 Å². The van der Waals surface area contributed by atoms with Gasteiger partial charge in [-0.05, 0) is 49.4 Å². The lowest BCUT2D eigenvalue weighted by molar-refractivity contribution is -0.121. The summed E-state index contributed by atoms with van der Waals surface area (Å²) in [6.45, 7) is 5.54. The van der Waals surface area contributed by atoms with Crippen LogP contribution in [-0.2, 0) is 28.2 Å². The average molecular weight is 482 g/mol. The molecule has 4 aliphatic rings. The molecule has 0 spiro atoms. The van der Waals surface area contributed by atoms with Gasteiger partial charge in [-0.1, -0.05) is 0 Å². The van der Waals surface area contributed by atoms with Gasteiger partial charge in [-0.25, -0.2) is 0 Å². The molecular formula is C23H27N7O3S. The average Bonchev–Trinajstić information content (AvgIpc) is 3.39. The number of aromatic nitrogens is 4. The number of rotatable bonds is 6. The summed E-state index contributed by atoms with van der Waals surface area (Å²) >= 11 is 1.36. The highest BCUT2D eigenvalue weighted by molar-refractivity contribution is 7.97. The number of hydrogen-bond donors (Lipinski definition) is 2. The predicted molar refractivity (Wildman–Crippen MR) is 129 cm³/mol. The minimum atomic E-state index is -0.0286. The van der Waals surface area contributed by atoms with Crippen LogP contribution in [0.25, 0.3) is 11.3 Å². The molecule has 0 unspecified atom stereocenters. The lowest BCUT2D eigenvalue weighted by Gasteiger charge is -2.15. The van der Waals surface area contributed by atoms with E-state index in [1.54, 1.807) is 18.1 Å². The number of hydrogen-bond acceptors (Lipinski definition) is 9. The van der Waals surface area contributed by atoms with Gasteiger partial charge in [0.05, 0.1) is 37.6 Å². The van der Waals surface area contributed by atoms with Gasteiger partial charge in [0, 0.05) is 35.2 Å². The molecule has 178 valence electrons. The summed E-state index contributed by atoms with van der Waals surface area (Å²) in [6, 6.07) is 2.04. The molecule has 11 heteroatoms. The van der Waals surface area contributed by atoms with E-state index < -0.39 is 0 Å². The van der Waals surface area contributed by atoms with Crippen molar-refractivity contribution in [3.8, 4) is 17.0 Å². The minimum Gasteiger partial charge on any atom is -0.496 e. The van der Waals surface area contributed by atoms with Gasteiger partial charge in [0.2, 0.25) is 5.91 Å². The third-order valence-electron chi connectivity index (χ3n) is 6.23. The van der Waals surface area contributed by atoms with Crippen LogP contribution in [0.15, 0.2) is 16.7 Å².